The highest BCUT2D eigenvalue weighted by molar-refractivity contribution is 9.10. The molecular weight excluding hydrogens is 498 g/mol. The second-order valence-electron chi connectivity index (χ2n) is 8.32. The minimum Gasteiger partial charge on any atom is -0.383 e. The first-order valence-corrected chi connectivity index (χ1v) is 12.3. The normalized spacial score (nSPS) is 15.4. The summed E-state index contributed by atoms with van der Waals surface area (Å²) in [5, 5.41) is 3.58. The molecule has 180 valence electrons. The van der Waals surface area contributed by atoms with Gasteiger partial charge < -0.3 is 15.0 Å². The summed E-state index contributed by atoms with van der Waals surface area (Å²) in [7, 11) is 1.63. The number of ether oxygens (including phenoxy) is 1. The largest absolute Gasteiger partial charge is 0.383 e. The first-order valence-electron chi connectivity index (χ1n) is 11.6. The van der Waals surface area contributed by atoms with E-state index in [-0.39, 0.29) is 17.6 Å². The molecule has 0 saturated carbocycles. The number of rotatable bonds is 7. The van der Waals surface area contributed by atoms with Gasteiger partial charge in [-0.25, -0.2) is 9.78 Å². The Balaban J connectivity index is 1.51. The predicted octanol–water partition coefficient (Wildman–Crippen LogP) is 4.11. The Bertz CT molecular complexity index is 1190. The van der Waals surface area contributed by atoms with Crippen LogP contribution in [0.5, 0.6) is 0 Å². The third-order valence-corrected chi connectivity index (χ3v) is 6.76. The van der Waals surface area contributed by atoms with Gasteiger partial charge >= 0.3 is 6.03 Å². The third kappa shape index (κ3) is 5.32. The molecule has 1 aliphatic rings. The van der Waals surface area contributed by atoms with Crippen LogP contribution in [0.2, 0.25) is 0 Å². The lowest BCUT2D eigenvalue weighted by Crippen LogP contribution is -2.51. The Morgan fingerprint density at radius 1 is 1.12 bits per heavy atom. The van der Waals surface area contributed by atoms with Crippen molar-refractivity contribution in [1.82, 2.24) is 19.4 Å². The van der Waals surface area contributed by atoms with Crippen molar-refractivity contribution < 1.29 is 9.53 Å². The highest BCUT2D eigenvalue weighted by Crippen LogP contribution is 2.25. The summed E-state index contributed by atoms with van der Waals surface area (Å²) < 4.78 is 7.99. The topological polar surface area (TPSA) is 79.7 Å². The van der Waals surface area contributed by atoms with E-state index in [0.717, 1.165) is 22.4 Å². The van der Waals surface area contributed by atoms with Crippen molar-refractivity contribution in [2.24, 2.45) is 0 Å². The van der Waals surface area contributed by atoms with Crippen molar-refractivity contribution in [3.05, 3.63) is 69.2 Å². The maximum atomic E-state index is 13.3. The number of nitrogens with one attached hydrogen (secondary N) is 1. The molecule has 0 radical (unpaired) electrons. The van der Waals surface area contributed by atoms with Crippen molar-refractivity contribution in [3.8, 4) is 0 Å². The molecule has 0 aliphatic carbocycles. The fraction of sp³-hybridized carbons (Fsp3) is 0.400. The van der Waals surface area contributed by atoms with E-state index in [1.54, 1.807) is 11.7 Å². The fourth-order valence-electron chi connectivity index (χ4n) is 4.41. The highest BCUT2D eigenvalue weighted by Gasteiger charge is 2.29. The van der Waals surface area contributed by atoms with E-state index in [4.69, 9.17) is 9.72 Å². The van der Waals surface area contributed by atoms with Crippen molar-refractivity contribution in [2.45, 2.75) is 25.9 Å². The second kappa shape index (κ2) is 11.1. The molecule has 1 aliphatic heterocycles. The number of benzene rings is 2. The Morgan fingerprint density at radius 2 is 1.82 bits per heavy atom. The Kier molecular flexibility index (Phi) is 7.97. The fourth-order valence-corrected chi connectivity index (χ4v) is 4.68. The number of anilines is 1. The summed E-state index contributed by atoms with van der Waals surface area (Å²) in [4.78, 5) is 35.1. The second-order valence-corrected chi connectivity index (χ2v) is 9.24. The first-order chi connectivity index (χ1) is 16.5. The van der Waals surface area contributed by atoms with Crippen LogP contribution in [0.1, 0.15) is 25.2 Å². The van der Waals surface area contributed by atoms with Crippen LogP contribution in [-0.4, -0.2) is 65.3 Å². The lowest BCUT2D eigenvalue weighted by atomic mass is 10.1. The summed E-state index contributed by atoms with van der Waals surface area (Å²) >= 11 is 3.41. The van der Waals surface area contributed by atoms with Gasteiger partial charge in [0.25, 0.3) is 5.56 Å². The van der Waals surface area contributed by atoms with E-state index in [2.05, 4.69) is 33.1 Å². The van der Waals surface area contributed by atoms with Gasteiger partial charge in [0.15, 0.2) is 0 Å². The maximum Gasteiger partial charge on any atom is 0.321 e. The number of para-hydroxylation sites is 1. The van der Waals surface area contributed by atoms with Gasteiger partial charge in [-0.2, -0.15) is 0 Å². The van der Waals surface area contributed by atoms with E-state index in [1.807, 2.05) is 53.4 Å². The number of halogens is 1. The molecule has 1 aromatic heterocycles. The number of carbonyl (C=O) groups is 1. The number of amides is 2. The van der Waals surface area contributed by atoms with Gasteiger partial charge in [0.2, 0.25) is 0 Å². The minimum atomic E-state index is -0.101. The maximum absolute atomic E-state index is 13.3. The van der Waals surface area contributed by atoms with E-state index in [0.29, 0.717) is 50.2 Å². The molecule has 8 nitrogen and oxygen atoms in total. The molecule has 1 atom stereocenters. The molecule has 2 aromatic carbocycles. The number of aromatic nitrogens is 2. The number of hydrogen-bond donors (Lipinski definition) is 1. The monoisotopic (exact) mass is 527 g/mol. The number of nitrogens with zero attached hydrogens (tertiary/aromatic N) is 4. The summed E-state index contributed by atoms with van der Waals surface area (Å²) in [6, 6.07) is 14.9. The van der Waals surface area contributed by atoms with Crippen LogP contribution < -0.4 is 10.9 Å². The van der Waals surface area contributed by atoms with E-state index >= 15 is 0 Å². The minimum absolute atomic E-state index is 0.0224. The molecule has 9 heteroatoms. The van der Waals surface area contributed by atoms with Crippen molar-refractivity contribution >= 4 is 38.6 Å². The predicted molar refractivity (Wildman–Crippen MR) is 137 cm³/mol. The van der Waals surface area contributed by atoms with E-state index in [9.17, 15) is 9.59 Å². The van der Waals surface area contributed by atoms with Gasteiger partial charge in [-0.3, -0.25) is 14.3 Å². The van der Waals surface area contributed by atoms with Gasteiger partial charge in [0, 0.05) is 43.4 Å². The molecular formula is C25H30BrN5O3. The van der Waals surface area contributed by atoms with Gasteiger partial charge in [0.1, 0.15) is 5.82 Å². The number of carbonyl (C=O) groups excluding carboxylic acids is 1. The smallest absolute Gasteiger partial charge is 0.321 e. The zero-order valence-corrected chi connectivity index (χ0v) is 21.1. The molecule has 1 N–H and O–H groups in total. The Morgan fingerprint density at radius 3 is 2.50 bits per heavy atom. The van der Waals surface area contributed by atoms with Gasteiger partial charge in [-0.15, -0.1) is 0 Å². The van der Waals surface area contributed by atoms with Crippen molar-refractivity contribution in [1.29, 1.82) is 0 Å². The van der Waals surface area contributed by atoms with Crippen LogP contribution >= 0.6 is 15.9 Å². The standard InChI is InChI=1S/C25H30BrN5O3/c1-3-22(23-28-21-7-5-4-6-20(21)24(32)31(23)16-17-34-2)29-12-14-30(15-13-29)25(33)27-19-10-8-18(26)9-11-19/h4-11,22H,3,12-17H2,1-2H3,(H,27,33). The van der Waals surface area contributed by atoms with Crippen molar-refractivity contribution in [3.63, 3.8) is 0 Å². The lowest BCUT2D eigenvalue weighted by Gasteiger charge is -2.39. The number of piperazine rings is 1. The Hall–Kier alpha value is -2.75. The van der Waals surface area contributed by atoms with Crippen LogP contribution in [0.25, 0.3) is 10.9 Å². The molecule has 34 heavy (non-hydrogen) atoms. The lowest BCUT2D eigenvalue weighted by molar-refractivity contribution is 0.103. The Labute approximate surface area is 207 Å². The number of urea groups is 1. The van der Waals surface area contributed by atoms with Crippen LogP contribution in [0.3, 0.4) is 0 Å². The van der Waals surface area contributed by atoms with Crippen LogP contribution in [0.4, 0.5) is 10.5 Å². The molecule has 4 rings (SSSR count). The first kappa shape index (κ1) is 24.4. The van der Waals surface area contributed by atoms with E-state index < -0.39 is 0 Å². The zero-order chi connectivity index (χ0) is 24.1. The number of methoxy groups -OCH3 is 1. The summed E-state index contributed by atoms with van der Waals surface area (Å²) in [5.74, 6) is 0.760. The molecule has 0 spiro atoms. The van der Waals surface area contributed by atoms with Crippen LogP contribution in [0.15, 0.2) is 57.8 Å². The summed E-state index contributed by atoms with van der Waals surface area (Å²) in [6.45, 7) is 5.63. The molecule has 1 fully saturated rings. The summed E-state index contributed by atoms with van der Waals surface area (Å²) in [5.41, 5.74) is 1.44. The molecule has 0 bridgehead atoms. The average Bonchev–Trinajstić information content (AvgIpc) is 2.86. The SMILES string of the molecule is CCC(c1nc2ccccc2c(=O)n1CCOC)N1CCN(C(=O)Nc2ccc(Br)cc2)CC1. The number of fused-ring (bicyclic) bond motifs is 1. The summed E-state index contributed by atoms with van der Waals surface area (Å²) in [6.07, 6.45) is 0.808. The zero-order valence-electron chi connectivity index (χ0n) is 19.5. The molecule has 1 unspecified atom stereocenters. The number of hydrogen-bond acceptors (Lipinski definition) is 5. The molecule has 1 saturated heterocycles. The third-order valence-electron chi connectivity index (χ3n) is 6.23. The highest BCUT2D eigenvalue weighted by atomic mass is 79.9. The van der Waals surface area contributed by atoms with Crippen molar-refractivity contribution in [2.75, 3.05) is 45.2 Å². The van der Waals surface area contributed by atoms with Gasteiger partial charge in [0.05, 0.1) is 30.1 Å². The van der Waals surface area contributed by atoms with E-state index in [1.165, 1.54) is 0 Å². The van der Waals surface area contributed by atoms with Gasteiger partial charge in [-0.05, 0) is 42.8 Å². The van der Waals surface area contributed by atoms with Crippen LogP contribution in [-0.2, 0) is 11.3 Å². The molecule has 2 heterocycles. The van der Waals surface area contributed by atoms with Gasteiger partial charge in [-0.1, -0.05) is 35.0 Å². The quantitative estimate of drug-likeness (QED) is 0.500. The molecule has 3 aromatic rings. The molecule has 2 amide bonds. The van der Waals surface area contributed by atoms with Crippen LogP contribution in [0, 0.1) is 0 Å². The average molecular weight is 528 g/mol.